The average molecular weight is 354 g/mol. The highest BCUT2D eigenvalue weighted by Crippen LogP contribution is 2.35. The number of halogens is 1. The maximum absolute atomic E-state index is 6.10. The molecule has 2 aliphatic heterocycles. The monoisotopic (exact) mass is 353 g/mol. The van der Waals surface area contributed by atoms with Gasteiger partial charge in [0.05, 0.1) is 18.3 Å². The molecule has 3 nitrogen and oxygen atoms in total. The van der Waals surface area contributed by atoms with Gasteiger partial charge in [-0.1, -0.05) is 34.1 Å². The van der Waals surface area contributed by atoms with Crippen LogP contribution in [0.5, 0.6) is 5.75 Å². The molecule has 3 rings (SSSR count). The van der Waals surface area contributed by atoms with Gasteiger partial charge in [-0.2, -0.15) is 0 Å². The Labute approximate surface area is 135 Å². The zero-order valence-corrected chi connectivity index (χ0v) is 14.4. The maximum atomic E-state index is 6.10. The Morgan fingerprint density at radius 2 is 2.14 bits per heavy atom. The van der Waals surface area contributed by atoms with Gasteiger partial charge >= 0.3 is 0 Å². The summed E-state index contributed by atoms with van der Waals surface area (Å²) < 4.78 is 11.9. The Morgan fingerprint density at radius 1 is 1.33 bits per heavy atom. The molecule has 2 atom stereocenters. The maximum Gasteiger partial charge on any atom is 0.122 e. The second kappa shape index (κ2) is 6.27. The van der Waals surface area contributed by atoms with Crippen molar-refractivity contribution in [2.24, 2.45) is 0 Å². The molecule has 0 spiro atoms. The Kier molecular flexibility index (Phi) is 4.57. The van der Waals surface area contributed by atoms with E-state index in [4.69, 9.17) is 9.47 Å². The second-order valence-corrected chi connectivity index (χ2v) is 7.37. The molecule has 0 N–H and O–H groups in total. The quantitative estimate of drug-likeness (QED) is 0.777. The largest absolute Gasteiger partial charge is 0.493 e. The molecular weight excluding hydrogens is 330 g/mol. The molecule has 4 heteroatoms. The van der Waals surface area contributed by atoms with Crippen LogP contribution in [-0.2, 0) is 4.74 Å². The summed E-state index contributed by atoms with van der Waals surface area (Å²) in [5.41, 5.74) is 1.30. The number of rotatable bonds is 3. The van der Waals surface area contributed by atoms with Gasteiger partial charge in [0.2, 0.25) is 0 Å². The summed E-state index contributed by atoms with van der Waals surface area (Å²) >= 11 is 3.57. The molecule has 0 radical (unpaired) electrons. The molecule has 2 heterocycles. The summed E-state index contributed by atoms with van der Waals surface area (Å²) in [7, 11) is 0. The zero-order valence-electron chi connectivity index (χ0n) is 12.8. The first-order valence-electron chi connectivity index (χ1n) is 7.75. The fraction of sp³-hybridized carbons (Fsp3) is 0.647. The van der Waals surface area contributed by atoms with Gasteiger partial charge in [-0.25, -0.2) is 0 Å². The highest BCUT2D eigenvalue weighted by atomic mass is 79.9. The van der Waals surface area contributed by atoms with Gasteiger partial charge in [-0.3, -0.25) is 4.90 Å². The lowest BCUT2D eigenvalue weighted by atomic mass is 9.91. The number of nitrogens with zero attached hydrogens (tertiary/aromatic N) is 1. The fourth-order valence-electron chi connectivity index (χ4n) is 3.55. The van der Waals surface area contributed by atoms with Crippen LogP contribution < -0.4 is 4.74 Å². The Bertz CT molecular complexity index is 491. The van der Waals surface area contributed by atoms with Crippen molar-refractivity contribution in [3.05, 3.63) is 29.8 Å². The molecule has 0 aromatic heterocycles. The van der Waals surface area contributed by atoms with E-state index in [9.17, 15) is 0 Å². The topological polar surface area (TPSA) is 21.7 Å². The molecule has 0 bridgehead atoms. The first-order valence-corrected chi connectivity index (χ1v) is 8.87. The van der Waals surface area contributed by atoms with Crippen LogP contribution >= 0.6 is 15.9 Å². The van der Waals surface area contributed by atoms with Gasteiger partial charge in [0.25, 0.3) is 0 Å². The number of ether oxygens (including phenoxy) is 2. The SMILES string of the molecule is CC1(C)CN(CC2CCOc3ccccc32)CC(CBr)O1. The van der Waals surface area contributed by atoms with Crippen molar-refractivity contribution in [3.63, 3.8) is 0 Å². The number of para-hydroxylation sites is 1. The average Bonchev–Trinajstić information content (AvgIpc) is 2.46. The number of morpholine rings is 1. The van der Waals surface area contributed by atoms with Crippen molar-refractivity contribution in [1.29, 1.82) is 0 Å². The smallest absolute Gasteiger partial charge is 0.122 e. The molecule has 1 aromatic carbocycles. The second-order valence-electron chi connectivity index (χ2n) is 6.72. The Morgan fingerprint density at radius 3 is 2.95 bits per heavy atom. The van der Waals surface area contributed by atoms with Gasteiger partial charge in [-0.05, 0) is 31.9 Å². The van der Waals surface area contributed by atoms with Crippen LogP contribution in [0.4, 0.5) is 0 Å². The molecule has 1 aromatic rings. The third-order valence-corrected chi connectivity index (χ3v) is 5.01. The normalized spacial score (nSPS) is 28.7. The van der Waals surface area contributed by atoms with Crippen molar-refractivity contribution < 1.29 is 9.47 Å². The predicted octanol–water partition coefficient (Wildman–Crippen LogP) is 3.43. The van der Waals surface area contributed by atoms with Crippen LogP contribution in [0.25, 0.3) is 0 Å². The summed E-state index contributed by atoms with van der Waals surface area (Å²) in [6.07, 6.45) is 1.39. The molecule has 116 valence electrons. The molecular formula is C17H24BrNO2. The minimum absolute atomic E-state index is 0.0681. The first kappa shape index (κ1) is 15.3. The minimum atomic E-state index is -0.0681. The Balaban J connectivity index is 1.72. The Hall–Kier alpha value is -0.580. The zero-order chi connectivity index (χ0) is 14.9. The summed E-state index contributed by atoms with van der Waals surface area (Å²) in [6.45, 7) is 8.30. The number of fused-ring (bicyclic) bond motifs is 1. The number of hydrogen-bond donors (Lipinski definition) is 0. The van der Waals surface area contributed by atoms with Crippen molar-refractivity contribution in [1.82, 2.24) is 4.90 Å². The lowest BCUT2D eigenvalue weighted by Gasteiger charge is -2.44. The van der Waals surface area contributed by atoms with Crippen LogP contribution in [0.15, 0.2) is 24.3 Å². The standard InChI is InChI=1S/C17H24BrNO2/c1-17(2)12-19(11-14(9-18)21-17)10-13-7-8-20-16-6-4-3-5-15(13)16/h3-6,13-14H,7-12H2,1-2H3. The summed E-state index contributed by atoms with van der Waals surface area (Å²) in [4.78, 5) is 2.56. The van der Waals surface area contributed by atoms with Gasteiger partial charge in [0, 0.05) is 30.9 Å². The number of benzene rings is 1. The molecule has 2 aliphatic rings. The lowest BCUT2D eigenvalue weighted by Crippen LogP contribution is -2.54. The molecule has 21 heavy (non-hydrogen) atoms. The van der Waals surface area contributed by atoms with E-state index in [1.54, 1.807) is 0 Å². The van der Waals surface area contributed by atoms with E-state index in [1.165, 1.54) is 5.56 Å². The van der Waals surface area contributed by atoms with Gasteiger partial charge in [0.1, 0.15) is 5.75 Å². The van der Waals surface area contributed by atoms with Crippen molar-refractivity contribution in [2.75, 3.05) is 31.6 Å². The van der Waals surface area contributed by atoms with Crippen LogP contribution in [0.2, 0.25) is 0 Å². The van der Waals surface area contributed by atoms with E-state index in [2.05, 4.69) is 58.9 Å². The van der Waals surface area contributed by atoms with Crippen LogP contribution in [-0.4, -0.2) is 48.2 Å². The van der Waals surface area contributed by atoms with E-state index < -0.39 is 0 Å². The predicted molar refractivity (Wildman–Crippen MR) is 88.5 cm³/mol. The summed E-state index contributed by atoms with van der Waals surface area (Å²) in [5.74, 6) is 1.64. The van der Waals surface area contributed by atoms with E-state index in [-0.39, 0.29) is 11.7 Å². The van der Waals surface area contributed by atoms with E-state index >= 15 is 0 Å². The van der Waals surface area contributed by atoms with Crippen LogP contribution in [0, 0.1) is 0 Å². The molecule has 0 aliphatic carbocycles. The van der Waals surface area contributed by atoms with Crippen molar-refractivity contribution >= 4 is 15.9 Å². The fourth-order valence-corrected chi connectivity index (χ4v) is 3.89. The van der Waals surface area contributed by atoms with Crippen LogP contribution in [0.1, 0.15) is 31.7 Å². The molecule has 0 saturated carbocycles. The summed E-state index contributed by atoms with van der Waals surface area (Å²) in [6, 6.07) is 8.48. The third kappa shape index (κ3) is 3.61. The van der Waals surface area contributed by atoms with Gasteiger partial charge < -0.3 is 9.47 Å². The molecule has 0 amide bonds. The van der Waals surface area contributed by atoms with Crippen molar-refractivity contribution in [2.45, 2.75) is 37.9 Å². The number of alkyl halides is 1. The van der Waals surface area contributed by atoms with E-state index in [1.807, 2.05) is 0 Å². The summed E-state index contributed by atoms with van der Waals surface area (Å²) in [5, 5.41) is 0.900. The highest BCUT2D eigenvalue weighted by molar-refractivity contribution is 9.09. The van der Waals surface area contributed by atoms with Crippen molar-refractivity contribution in [3.8, 4) is 5.75 Å². The minimum Gasteiger partial charge on any atom is -0.493 e. The van der Waals surface area contributed by atoms with Gasteiger partial charge in [-0.15, -0.1) is 0 Å². The van der Waals surface area contributed by atoms with E-state index in [0.29, 0.717) is 5.92 Å². The van der Waals surface area contributed by atoms with E-state index in [0.717, 1.165) is 43.7 Å². The third-order valence-electron chi connectivity index (χ3n) is 4.29. The van der Waals surface area contributed by atoms with Gasteiger partial charge in [0.15, 0.2) is 0 Å². The molecule has 1 fully saturated rings. The molecule has 2 unspecified atom stereocenters. The molecule has 1 saturated heterocycles. The first-order chi connectivity index (χ1) is 10.1. The highest BCUT2D eigenvalue weighted by Gasteiger charge is 2.34. The number of hydrogen-bond acceptors (Lipinski definition) is 3. The van der Waals surface area contributed by atoms with Crippen LogP contribution in [0.3, 0.4) is 0 Å². The lowest BCUT2D eigenvalue weighted by molar-refractivity contribution is -0.127.